The molecule has 0 saturated carbocycles. The number of hydrogen-bond acceptors (Lipinski definition) is 6. The van der Waals surface area contributed by atoms with E-state index in [-0.39, 0.29) is 11.7 Å². The third kappa shape index (κ3) is 1.24. The van der Waals surface area contributed by atoms with Gasteiger partial charge in [-0.2, -0.15) is 4.98 Å². The molecule has 2 heterocycles. The van der Waals surface area contributed by atoms with E-state index in [0.717, 1.165) is 0 Å². The van der Waals surface area contributed by atoms with E-state index in [9.17, 15) is 4.79 Å². The fraction of sp³-hybridized carbons (Fsp3) is 0.143. The minimum Gasteiger partial charge on any atom is -0.475 e. The Bertz CT molecular complexity index is 473. The minimum atomic E-state index is -1.25. The van der Waals surface area contributed by atoms with Crippen LogP contribution in [-0.4, -0.2) is 26.2 Å². The third-order valence-corrected chi connectivity index (χ3v) is 1.56. The van der Waals surface area contributed by atoms with Crippen LogP contribution < -0.4 is 0 Å². The first-order valence-electron chi connectivity index (χ1n) is 3.66. The molecule has 0 radical (unpaired) electrons. The first-order chi connectivity index (χ1) is 6.68. The van der Waals surface area contributed by atoms with Gasteiger partial charge in [-0.3, -0.25) is 0 Å². The Kier molecular flexibility index (Phi) is 1.77. The number of oxazole rings is 1. The number of hydrogen-bond donors (Lipinski definition) is 1. The Hall–Kier alpha value is -2.18. The molecule has 2 aromatic heterocycles. The molecule has 0 aliphatic rings. The van der Waals surface area contributed by atoms with Gasteiger partial charge < -0.3 is 14.0 Å². The lowest BCUT2D eigenvalue weighted by Gasteiger charge is -1.85. The molecule has 0 unspecified atom stereocenters. The molecular weight excluding hydrogens is 190 g/mol. The largest absolute Gasteiger partial charge is 0.475 e. The zero-order chi connectivity index (χ0) is 10.1. The summed E-state index contributed by atoms with van der Waals surface area (Å²) < 4.78 is 9.62. The second-order valence-corrected chi connectivity index (χ2v) is 2.50. The summed E-state index contributed by atoms with van der Waals surface area (Å²) in [6.45, 7) is 1.68. The van der Waals surface area contributed by atoms with Gasteiger partial charge in [0.15, 0.2) is 6.39 Å². The highest BCUT2D eigenvalue weighted by atomic mass is 16.5. The normalized spacial score (nSPS) is 10.4. The van der Waals surface area contributed by atoms with Crippen LogP contribution in [0.4, 0.5) is 0 Å². The molecule has 0 bridgehead atoms. The SMILES string of the molecule is Cc1ncoc1-c1nc(C(=O)O)no1. The van der Waals surface area contributed by atoms with Gasteiger partial charge in [-0.25, -0.2) is 9.78 Å². The number of aromatic carboxylic acids is 1. The van der Waals surface area contributed by atoms with Gasteiger partial charge in [-0.1, -0.05) is 0 Å². The van der Waals surface area contributed by atoms with E-state index in [1.165, 1.54) is 6.39 Å². The zero-order valence-corrected chi connectivity index (χ0v) is 7.09. The Morgan fingerprint density at radius 3 is 2.86 bits per heavy atom. The summed E-state index contributed by atoms with van der Waals surface area (Å²) in [7, 11) is 0. The van der Waals surface area contributed by atoms with Crippen molar-refractivity contribution in [2.45, 2.75) is 6.92 Å². The highest BCUT2D eigenvalue weighted by Gasteiger charge is 2.18. The number of carboxylic acid groups (broad SMARTS) is 1. The van der Waals surface area contributed by atoms with E-state index < -0.39 is 11.8 Å². The van der Waals surface area contributed by atoms with Crippen molar-refractivity contribution in [3.63, 3.8) is 0 Å². The van der Waals surface area contributed by atoms with Gasteiger partial charge in [0.25, 0.3) is 11.7 Å². The molecule has 0 aliphatic heterocycles. The third-order valence-electron chi connectivity index (χ3n) is 1.56. The fourth-order valence-electron chi connectivity index (χ4n) is 0.910. The van der Waals surface area contributed by atoms with Crippen molar-refractivity contribution in [2.75, 3.05) is 0 Å². The van der Waals surface area contributed by atoms with Crippen LogP contribution in [0.2, 0.25) is 0 Å². The molecule has 0 amide bonds. The van der Waals surface area contributed by atoms with Gasteiger partial charge in [0, 0.05) is 0 Å². The molecule has 0 atom stereocenters. The molecule has 0 spiro atoms. The number of rotatable bonds is 2. The second-order valence-electron chi connectivity index (χ2n) is 2.50. The van der Waals surface area contributed by atoms with Crippen LogP contribution in [-0.2, 0) is 0 Å². The molecule has 14 heavy (non-hydrogen) atoms. The summed E-state index contributed by atoms with van der Waals surface area (Å²) >= 11 is 0. The van der Waals surface area contributed by atoms with E-state index in [1.54, 1.807) is 6.92 Å². The van der Waals surface area contributed by atoms with E-state index in [1.807, 2.05) is 0 Å². The molecule has 1 N–H and O–H groups in total. The highest BCUT2D eigenvalue weighted by Crippen LogP contribution is 2.19. The molecule has 7 nitrogen and oxygen atoms in total. The van der Waals surface area contributed by atoms with Crippen molar-refractivity contribution in [3.8, 4) is 11.7 Å². The number of nitrogens with zero attached hydrogens (tertiary/aromatic N) is 3. The first-order valence-corrected chi connectivity index (χ1v) is 3.66. The first kappa shape index (κ1) is 8.42. The maximum absolute atomic E-state index is 10.4. The highest BCUT2D eigenvalue weighted by molar-refractivity contribution is 5.83. The van der Waals surface area contributed by atoms with E-state index >= 15 is 0 Å². The van der Waals surface area contributed by atoms with Gasteiger partial charge in [0.05, 0.1) is 5.69 Å². The van der Waals surface area contributed by atoms with E-state index in [2.05, 4.69) is 19.6 Å². The second kappa shape index (κ2) is 2.95. The predicted octanol–water partition coefficient (Wildman–Crippen LogP) is 0.731. The van der Waals surface area contributed by atoms with Crippen molar-refractivity contribution in [2.24, 2.45) is 0 Å². The summed E-state index contributed by atoms with van der Waals surface area (Å²) in [5, 5.41) is 11.8. The monoisotopic (exact) mass is 195 g/mol. The lowest BCUT2D eigenvalue weighted by Crippen LogP contribution is -1.98. The molecule has 0 aliphatic carbocycles. The maximum atomic E-state index is 10.4. The Morgan fingerprint density at radius 1 is 1.57 bits per heavy atom. The van der Waals surface area contributed by atoms with Crippen molar-refractivity contribution >= 4 is 5.97 Å². The van der Waals surface area contributed by atoms with Gasteiger partial charge in [-0.15, -0.1) is 0 Å². The van der Waals surface area contributed by atoms with Crippen LogP contribution in [0.15, 0.2) is 15.3 Å². The smallest absolute Gasteiger partial charge is 0.377 e. The molecular formula is C7H5N3O4. The summed E-state index contributed by atoms with van der Waals surface area (Å²) in [6.07, 6.45) is 1.22. The topological polar surface area (TPSA) is 102 Å². The average Bonchev–Trinajstić information content (AvgIpc) is 2.71. The van der Waals surface area contributed by atoms with Crippen LogP contribution in [0, 0.1) is 6.92 Å². The van der Waals surface area contributed by atoms with Crippen LogP contribution in [0.1, 0.15) is 16.3 Å². The summed E-state index contributed by atoms with van der Waals surface area (Å²) in [5.41, 5.74) is 0.561. The van der Waals surface area contributed by atoms with E-state index in [4.69, 9.17) is 9.52 Å². The van der Waals surface area contributed by atoms with Gasteiger partial charge in [0.1, 0.15) is 0 Å². The predicted molar refractivity (Wildman–Crippen MR) is 41.5 cm³/mol. The van der Waals surface area contributed by atoms with Crippen LogP contribution in [0.3, 0.4) is 0 Å². The Balaban J connectivity index is 2.43. The lowest BCUT2D eigenvalue weighted by molar-refractivity contribution is 0.0680. The van der Waals surface area contributed by atoms with Crippen molar-refractivity contribution < 1.29 is 18.8 Å². The minimum absolute atomic E-state index is 0.0115. The van der Waals surface area contributed by atoms with Crippen LogP contribution in [0.25, 0.3) is 11.7 Å². The molecule has 0 aromatic carbocycles. The van der Waals surface area contributed by atoms with Gasteiger partial charge in [0.2, 0.25) is 5.76 Å². The Morgan fingerprint density at radius 2 is 2.36 bits per heavy atom. The number of carbonyl (C=O) groups is 1. The van der Waals surface area contributed by atoms with Crippen LogP contribution in [0.5, 0.6) is 0 Å². The summed E-state index contributed by atoms with van der Waals surface area (Å²) in [6, 6.07) is 0. The Labute approximate surface area is 77.4 Å². The number of aryl methyl sites for hydroxylation is 1. The fourth-order valence-corrected chi connectivity index (χ4v) is 0.910. The maximum Gasteiger partial charge on any atom is 0.377 e. The van der Waals surface area contributed by atoms with Crippen LogP contribution >= 0.6 is 0 Å². The molecule has 7 heteroatoms. The van der Waals surface area contributed by atoms with Crippen molar-refractivity contribution in [3.05, 3.63) is 17.9 Å². The molecule has 2 rings (SSSR count). The van der Waals surface area contributed by atoms with Gasteiger partial charge >= 0.3 is 5.97 Å². The van der Waals surface area contributed by atoms with Crippen molar-refractivity contribution in [1.29, 1.82) is 0 Å². The summed E-state index contributed by atoms with van der Waals surface area (Å²) in [4.78, 5) is 17.8. The molecule has 0 fully saturated rings. The summed E-state index contributed by atoms with van der Waals surface area (Å²) in [5.74, 6) is -1.37. The zero-order valence-electron chi connectivity index (χ0n) is 7.09. The van der Waals surface area contributed by atoms with E-state index in [0.29, 0.717) is 5.69 Å². The number of aromatic nitrogens is 3. The standard InChI is InChI=1S/C7H5N3O4/c1-3-4(13-2-8-3)6-9-5(7(11)12)10-14-6/h2H,1H3,(H,11,12). The van der Waals surface area contributed by atoms with Crippen molar-refractivity contribution in [1.82, 2.24) is 15.1 Å². The quantitative estimate of drug-likeness (QED) is 0.753. The molecule has 0 saturated heterocycles. The molecule has 72 valence electrons. The average molecular weight is 195 g/mol. The molecule has 2 aromatic rings. The lowest BCUT2D eigenvalue weighted by atomic mass is 10.4. The number of carboxylic acids is 1. The van der Waals surface area contributed by atoms with Gasteiger partial charge in [-0.05, 0) is 12.1 Å².